The van der Waals surface area contributed by atoms with Gasteiger partial charge in [0, 0.05) is 11.3 Å². The van der Waals surface area contributed by atoms with Crippen LogP contribution in [0.25, 0.3) is 0 Å². The minimum atomic E-state index is -0.617. The van der Waals surface area contributed by atoms with Crippen molar-refractivity contribution in [1.82, 2.24) is 0 Å². The number of rotatable bonds is 6. The smallest absolute Gasteiger partial charge is 0.241 e. The Morgan fingerprint density at radius 2 is 2.11 bits per heavy atom. The minimum Gasteiger partial charge on any atom is -0.389 e. The number of anilines is 1. The van der Waals surface area contributed by atoms with E-state index < -0.39 is 12.1 Å². The van der Waals surface area contributed by atoms with Gasteiger partial charge < -0.3 is 16.2 Å². The average Bonchev–Trinajstić information content (AvgIpc) is 2.36. The molecule has 2 atom stereocenters. The van der Waals surface area contributed by atoms with Gasteiger partial charge in [0.05, 0.1) is 12.1 Å². The minimum absolute atomic E-state index is 0.198. The molecule has 1 aromatic carbocycles. The summed E-state index contributed by atoms with van der Waals surface area (Å²) in [7, 11) is 0. The first kappa shape index (κ1) is 14.7. The van der Waals surface area contributed by atoms with Crippen LogP contribution in [0, 0.1) is 0 Å². The van der Waals surface area contributed by atoms with Gasteiger partial charge in [0.1, 0.15) is 0 Å². The van der Waals surface area contributed by atoms with Crippen molar-refractivity contribution < 1.29 is 9.90 Å². The summed E-state index contributed by atoms with van der Waals surface area (Å²) in [6.07, 6.45) is 2.02. The largest absolute Gasteiger partial charge is 0.389 e. The standard InChI is InChI=1S/C14H22N2O2/c1-3-4-8-12(15)14(18)16-13-9-6-5-7-11(13)10(2)17/h5-7,9-10,12,17H,3-4,8,15H2,1-2H3,(H,16,18)/t10?,12-/m0/s1. The van der Waals surface area contributed by atoms with Crippen molar-refractivity contribution in [2.24, 2.45) is 5.73 Å². The van der Waals surface area contributed by atoms with Crippen LogP contribution < -0.4 is 11.1 Å². The van der Waals surface area contributed by atoms with E-state index in [0.717, 1.165) is 12.8 Å². The van der Waals surface area contributed by atoms with Gasteiger partial charge in [-0.1, -0.05) is 38.0 Å². The Morgan fingerprint density at radius 3 is 2.72 bits per heavy atom. The van der Waals surface area contributed by atoms with Crippen LogP contribution in [0.15, 0.2) is 24.3 Å². The van der Waals surface area contributed by atoms with Crippen molar-refractivity contribution in [3.05, 3.63) is 29.8 Å². The van der Waals surface area contributed by atoms with E-state index in [1.165, 1.54) is 0 Å². The summed E-state index contributed by atoms with van der Waals surface area (Å²) in [6.45, 7) is 3.73. The Balaban J connectivity index is 2.69. The molecule has 0 spiro atoms. The molecule has 0 saturated carbocycles. The zero-order valence-electron chi connectivity index (χ0n) is 11.0. The van der Waals surface area contributed by atoms with Crippen LogP contribution in [-0.2, 0) is 4.79 Å². The monoisotopic (exact) mass is 250 g/mol. The second-order valence-corrected chi connectivity index (χ2v) is 4.50. The molecule has 0 saturated heterocycles. The van der Waals surface area contributed by atoms with Crippen molar-refractivity contribution in [3.8, 4) is 0 Å². The summed E-state index contributed by atoms with van der Waals surface area (Å²) >= 11 is 0. The van der Waals surface area contributed by atoms with E-state index >= 15 is 0 Å². The third-order valence-corrected chi connectivity index (χ3v) is 2.87. The van der Waals surface area contributed by atoms with Crippen LogP contribution in [0.2, 0.25) is 0 Å². The number of carbonyl (C=O) groups is 1. The molecule has 0 aliphatic heterocycles. The lowest BCUT2D eigenvalue weighted by molar-refractivity contribution is -0.117. The topological polar surface area (TPSA) is 75.4 Å². The number of para-hydroxylation sites is 1. The normalized spacial score (nSPS) is 14.0. The van der Waals surface area contributed by atoms with Gasteiger partial charge in [0.15, 0.2) is 0 Å². The highest BCUT2D eigenvalue weighted by molar-refractivity contribution is 5.95. The molecule has 4 nitrogen and oxygen atoms in total. The fourth-order valence-electron chi connectivity index (χ4n) is 1.76. The molecule has 0 aliphatic rings. The van der Waals surface area contributed by atoms with E-state index in [0.29, 0.717) is 17.7 Å². The average molecular weight is 250 g/mol. The van der Waals surface area contributed by atoms with Crippen molar-refractivity contribution in [3.63, 3.8) is 0 Å². The number of hydrogen-bond acceptors (Lipinski definition) is 3. The first-order chi connectivity index (χ1) is 8.56. The van der Waals surface area contributed by atoms with Crippen molar-refractivity contribution in [1.29, 1.82) is 0 Å². The summed E-state index contributed by atoms with van der Waals surface area (Å²) in [5.74, 6) is -0.198. The summed E-state index contributed by atoms with van der Waals surface area (Å²) < 4.78 is 0. The van der Waals surface area contributed by atoms with Crippen LogP contribution in [0.5, 0.6) is 0 Å². The summed E-state index contributed by atoms with van der Waals surface area (Å²) in [4.78, 5) is 11.9. The Labute approximate surface area is 108 Å². The van der Waals surface area contributed by atoms with Gasteiger partial charge in [-0.2, -0.15) is 0 Å². The maximum absolute atomic E-state index is 11.9. The molecule has 1 unspecified atom stereocenters. The van der Waals surface area contributed by atoms with Gasteiger partial charge in [-0.05, 0) is 19.4 Å². The predicted octanol–water partition coefficient (Wildman–Crippen LogP) is 2.20. The second kappa shape index (κ2) is 7.13. The number of unbranched alkanes of at least 4 members (excludes halogenated alkanes) is 1. The number of nitrogens with one attached hydrogen (secondary N) is 1. The maximum Gasteiger partial charge on any atom is 0.241 e. The quantitative estimate of drug-likeness (QED) is 0.724. The van der Waals surface area contributed by atoms with Crippen LogP contribution in [-0.4, -0.2) is 17.1 Å². The highest BCUT2D eigenvalue weighted by atomic mass is 16.3. The van der Waals surface area contributed by atoms with Crippen LogP contribution in [0.3, 0.4) is 0 Å². The summed E-state index contributed by atoms with van der Waals surface area (Å²) in [6, 6.07) is 6.71. The molecule has 0 heterocycles. The summed E-state index contributed by atoms with van der Waals surface area (Å²) in [5, 5.41) is 12.4. The lowest BCUT2D eigenvalue weighted by atomic mass is 10.1. The van der Waals surface area contributed by atoms with Crippen molar-refractivity contribution in [2.45, 2.75) is 45.3 Å². The summed E-state index contributed by atoms with van der Waals surface area (Å²) in [5.41, 5.74) is 7.13. The number of nitrogens with two attached hydrogens (primary N) is 1. The fraction of sp³-hybridized carbons (Fsp3) is 0.500. The Morgan fingerprint density at radius 1 is 1.44 bits per heavy atom. The van der Waals surface area contributed by atoms with Gasteiger partial charge in [-0.15, -0.1) is 0 Å². The molecule has 1 amide bonds. The molecule has 1 aromatic rings. The molecule has 4 N–H and O–H groups in total. The molecular formula is C14H22N2O2. The van der Waals surface area contributed by atoms with Gasteiger partial charge >= 0.3 is 0 Å². The molecule has 0 aromatic heterocycles. The van der Waals surface area contributed by atoms with E-state index in [9.17, 15) is 9.90 Å². The predicted molar refractivity (Wildman–Crippen MR) is 73.2 cm³/mol. The Kier molecular flexibility index (Phi) is 5.82. The second-order valence-electron chi connectivity index (χ2n) is 4.50. The van der Waals surface area contributed by atoms with E-state index in [4.69, 9.17) is 5.73 Å². The van der Waals surface area contributed by atoms with E-state index in [1.807, 2.05) is 12.1 Å². The molecule has 0 bridgehead atoms. The molecule has 4 heteroatoms. The molecular weight excluding hydrogens is 228 g/mol. The van der Waals surface area contributed by atoms with E-state index in [1.54, 1.807) is 19.1 Å². The number of hydrogen-bond donors (Lipinski definition) is 3. The molecule has 0 fully saturated rings. The first-order valence-electron chi connectivity index (χ1n) is 6.39. The zero-order chi connectivity index (χ0) is 13.5. The first-order valence-corrected chi connectivity index (χ1v) is 6.39. The maximum atomic E-state index is 11.9. The molecule has 100 valence electrons. The van der Waals surface area contributed by atoms with Crippen molar-refractivity contribution >= 4 is 11.6 Å². The van der Waals surface area contributed by atoms with Gasteiger partial charge in [-0.25, -0.2) is 0 Å². The highest BCUT2D eigenvalue weighted by Crippen LogP contribution is 2.22. The third-order valence-electron chi connectivity index (χ3n) is 2.87. The van der Waals surface area contributed by atoms with Gasteiger partial charge in [0.2, 0.25) is 5.91 Å². The number of aliphatic hydroxyl groups is 1. The van der Waals surface area contributed by atoms with Crippen LogP contribution in [0.4, 0.5) is 5.69 Å². The molecule has 0 radical (unpaired) electrons. The zero-order valence-corrected chi connectivity index (χ0v) is 11.0. The number of carbonyl (C=O) groups excluding carboxylic acids is 1. The lowest BCUT2D eigenvalue weighted by Crippen LogP contribution is -2.35. The number of aliphatic hydroxyl groups excluding tert-OH is 1. The van der Waals surface area contributed by atoms with Crippen LogP contribution >= 0.6 is 0 Å². The Hall–Kier alpha value is -1.39. The van der Waals surface area contributed by atoms with E-state index in [-0.39, 0.29) is 5.91 Å². The fourth-order valence-corrected chi connectivity index (χ4v) is 1.76. The number of benzene rings is 1. The third kappa shape index (κ3) is 4.13. The highest BCUT2D eigenvalue weighted by Gasteiger charge is 2.15. The SMILES string of the molecule is CCCC[C@H](N)C(=O)Nc1ccccc1C(C)O. The van der Waals surface area contributed by atoms with Crippen LogP contribution in [0.1, 0.15) is 44.8 Å². The molecule has 0 aliphatic carbocycles. The number of amides is 1. The van der Waals surface area contributed by atoms with Crippen molar-refractivity contribution in [2.75, 3.05) is 5.32 Å². The molecule has 1 rings (SSSR count). The van der Waals surface area contributed by atoms with Gasteiger partial charge in [0.25, 0.3) is 0 Å². The van der Waals surface area contributed by atoms with Gasteiger partial charge in [-0.3, -0.25) is 4.79 Å². The Bertz CT molecular complexity index is 391. The lowest BCUT2D eigenvalue weighted by Gasteiger charge is -2.15. The van der Waals surface area contributed by atoms with E-state index in [2.05, 4.69) is 12.2 Å². The molecule has 18 heavy (non-hydrogen) atoms.